The second-order valence-corrected chi connectivity index (χ2v) is 7.62. The molecule has 2 aromatic carbocycles. The molecule has 150 valence electrons. The molecule has 1 aliphatic heterocycles. The lowest BCUT2D eigenvalue weighted by atomic mass is 10.1. The summed E-state index contributed by atoms with van der Waals surface area (Å²) in [6, 6.07) is 10.6. The Morgan fingerprint density at radius 2 is 2.07 bits per heavy atom. The van der Waals surface area contributed by atoms with Gasteiger partial charge in [-0.2, -0.15) is 0 Å². The molecule has 0 radical (unpaired) electrons. The minimum absolute atomic E-state index is 0.145. The van der Waals surface area contributed by atoms with Crippen LogP contribution in [0.5, 0.6) is 5.75 Å². The zero-order valence-electron chi connectivity index (χ0n) is 16.3. The Balaban J connectivity index is 1.44. The molecule has 1 fully saturated rings. The van der Waals surface area contributed by atoms with Gasteiger partial charge in [-0.25, -0.2) is 4.90 Å². The largest absolute Gasteiger partial charge is 0.497 e. The van der Waals surface area contributed by atoms with Gasteiger partial charge in [0, 0.05) is 28.7 Å². The van der Waals surface area contributed by atoms with Crippen LogP contribution in [0, 0.1) is 6.92 Å². The predicted octanol–water partition coefficient (Wildman–Crippen LogP) is 3.60. The zero-order valence-corrected chi connectivity index (χ0v) is 17.0. The molecular formula is C22H22ClN3O3. The van der Waals surface area contributed by atoms with E-state index in [1.54, 1.807) is 19.2 Å². The molecule has 1 saturated heterocycles. The maximum atomic E-state index is 12.8. The number of anilines is 1. The fourth-order valence-electron chi connectivity index (χ4n) is 3.74. The molecule has 1 atom stereocenters. The number of aromatic nitrogens is 1. The third kappa shape index (κ3) is 3.73. The normalized spacial score (nSPS) is 16.8. The molecule has 4 rings (SSSR count). The Morgan fingerprint density at radius 1 is 1.24 bits per heavy atom. The number of halogens is 1. The van der Waals surface area contributed by atoms with Crippen LogP contribution < -0.4 is 15.0 Å². The van der Waals surface area contributed by atoms with Gasteiger partial charge in [-0.3, -0.25) is 9.59 Å². The summed E-state index contributed by atoms with van der Waals surface area (Å²) in [5.74, 6) is 0.353. The van der Waals surface area contributed by atoms with Gasteiger partial charge < -0.3 is 15.0 Å². The molecule has 29 heavy (non-hydrogen) atoms. The van der Waals surface area contributed by atoms with Crippen LogP contribution in [-0.4, -0.2) is 36.5 Å². The van der Waals surface area contributed by atoms with Crippen LogP contribution in [0.15, 0.2) is 42.6 Å². The quantitative estimate of drug-likeness (QED) is 0.608. The van der Waals surface area contributed by atoms with Crippen LogP contribution in [0.3, 0.4) is 0 Å². The van der Waals surface area contributed by atoms with Gasteiger partial charge in [-0.05, 0) is 54.8 Å². The van der Waals surface area contributed by atoms with Crippen molar-refractivity contribution in [2.24, 2.45) is 0 Å². The number of imide groups is 1. The number of methoxy groups -OCH3 is 1. The number of nitrogens with one attached hydrogen (secondary N) is 2. The van der Waals surface area contributed by atoms with E-state index in [1.807, 2.05) is 37.4 Å². The van der Waals surface area contributed by atoms with Crippen LogP contribution in [0.2, 0.25) is 5.02 Å². The number of carbonyl (C=O) groups is 2. The average molecular weight is 412 g/mol. The van der Waals surface area contributed by atoms with Crippen molar-refractivity contribution < 1.29 is 14.3 Å². The van der Waals surface area contributed by atoms with Crippen molar-refractivity contribution in [2.75, 3.05) is 18.6 Å². The van der Waals surface area contributed by atoms with Gasteiger partial charge in [0.2, 0.25) is 5.91 Å². The minimum atomic E-state index is -0.527. The van der Waals surface area contributed by atoms with Crippen LogP contribution in [0.25, 0.3) is 10.9 Å². The van der Waals surface area contributed by atoms with Crippen LogP contribution in [0.1, 0.15) is 17.5 Å². The van der Waals surface area contributed by atoms with Crippen molar-refractivity contribution in [1.29, 1.82) is 0 Å². The highest BCUT2D eigenvalue weighted by Crippen LogP contribution is 2.29. The van der Waals surface area contributed by atoms with Crippen molar-refractivity contribution in [3.8, 4) is 5.75 Å². The number of fused-ring (bicyclic) bond motifs is 1. The Labute approximate surface area is 173 Å². The van der Waals surface area contributed by atoms with Gasteiger partial charge in [0.1, 0.15) is 5.75 Å². The number of benzene rings is 2. The SMILES string of the molecule is COc1ccc2[nH]cc(CCNC3CC(=O)N(c4cc(Cl)ccc4C)C3=O)c2c1. The summed E-state index contributed by atoms with van der Waals surface area (Å²) >= 11 is 6.06. The number of rotatable bonds is 6. The monoisotopic (exact) mass is 411 g/mol. The first kappa shape index (κ1) is 19.5. The molecular weight excluding hydrogens is 390 g/mol. The smallest absolute Gasteiger partial charge is 0.251 e. The lowest BCUT2D eigenvalue weighted by molar-refractivity contribution is -0.121. The topological polar surface area (TPSA) is 74.4 Å². The third-order valence-corrected chi connectivity index (χ3v) is 5.55. The lowest BCUT2D eigenvalue weighted by Crippen LogP contribution is -2.39. The summed E-state index contributed by atoms with van der Waals surface area (Å²) in [4.78, 5) is 29.8. The van der Waals surface area contributed by atoms with Gasteiger partial charge in [0.05, 0.1) is 25.3 Å². The fourth-order valence-corrected chi connectivity index (χ4v) is 3.91. The highest BCUT2D eigenvalue weighted by molar-refractivity contribution is 6.31. The molecule has 2 heterocycles. The van der Waals surface area contributed by atoms with Gasteiger partial charge in [0.25, 0.3) is 5.91 Å². The maximum Gasteiger partial charge on any atom is 0.251 e. The lowest BCUT2D eigenvalue weighted by Gasteiger charge is -2.18. The molecule has 2 N–H and O–H groups in total. The molecule has 1 aromatic heterocycles. The van der Waals surface area contributed by atoms with E-state index in [-0.39, 0.29) is 18.2 Å². The van der Waals surface area contributed by atoms with Crippen molar-refractivity contribution >= 4 is 40.0 Å². The van der Waals surface area contributed by atoms with Crippen LogP contribution in [-0.2, 0) is 16.0 Å². The maximum absolute atomic E-state index is 12.8. The van der Waals surface area contributed by atoms with Crippen molar-refractivity contribution in [3.63, 3.8) is 0 Å². The Bertz CT molecular complexity index is 1090. The molecule has 1 aliphatic rings. The summed E-state index contributed by atoms with van der Waals surface area (Å²) in [7, 11) is 1.64. The summed E-state index contributed by atoms with van der Waals surface area (Å²) in [5, 5.41) is 4.83. The standard InChI is InChI=1S/C22H22ClN3O3/c1-13-3-4-15(23)9-20(13)26-21(27)11-19(22(26)28)24-8-7-14-12-25-18-6-5-16(29-2)10-17(14)18/h3-6,9-10,12,19,24-25H,7-8,11H2,1-2H3. The average Bonchev–Trinajstić information content (AvgIpc) is 3.24. The number of hydrogen-bond donors (Lipinski definition) is 2. The van der Waals surface area contributed by atoms with Gasteiger partial charge in [-0.1, -0.05) is 17.7 Å². The number of aromatic amines is 1. The molecule has 0 aliphatic carbocycles. The van der Waals surface area contributed by atoms with Crippen molar-refractivity contribution in [3.05, 3.63) is 58.7 Å². The zero-order chi connectivity index (χ0) is 20.5. The van der Waals surface area contributed by atoms with Crippen molar-refractivity contribution in [2.45, 2.75) is 25.8 Å². The second-order valence-electron chi connectivity index (χ2n) is 7.18. The molecule has 0 bridgehead atoms. The summed E-state index contributed by atoms with van der Waals surface area (Å²) in [6.07, 6.45) is 2.84. The van der Waals surface area contributed by atoms with E-state index < -0.39 is 6.04 Å². The number of aryl methyl sites for hydroxylation is 1. The van der Waals surface area contributed by atoms with E-state index in [9.17, 15) is 9.59 Å². The fraction of sp³-hybridized carbons (Fsp3) is 0.273. The highest BCUT2D eigenvalue weighted by atomic mass is 35.5. The number of H-pyrrole nitrogens is 1. The first-order valence-corrected chi connectivity index (χ1v) is 9.86. The van der Waals surface area contributed by atoms with E-state index in [4.69, 9.17) is 16.3 Å². The van der Waals surface area contributed by atoms with E-state index in [1.165, 1.54) is 4.90 Å². The highest BCUT2D eigenvalue weighted by Gasteiger charge is 2.39. The number of carbonyl (C=O) groups excluding carboxylic acids is 2. The van der Waals surface area contributed by atoms with Gasteiger partial charge >= 0.3 is 0 Å². The molecule has 6 nitrogen and oxygen atoms in total. The molecule has 2 amide bonds. The van der Waals surface area contributed by atoms with E-state index in [0.717, 1.165) is 34.2 Å². The Morgan fingerprint density at radius 3 is 2.86 bits per heavy atom. The molecule has 7 heteroatoms. The second kappa shape index (κ2) is 7.89. The third-order valence-electron chi connectivity index (χ3n) is 5.32. The summed E-state index contributed by atoms with van der Waals surface area (Å²) in [5.41, 5.74) is 3.56. The van der Waals surface area contributed by atoms with Crippen LogP contribution in [0.4, 0.5) is 5.69 Å². The molecule has 0 spiro atoms. The number of amides is 2. The van der Waals surface area contributed by atoms with E-state index in [0.29, 0.717) is 17.3 Å². The van der Waals surface area contributed by atoms with E-state index in [2.05, 4.69) is 10.3 Å². The summed E-state index contributed by atoms with van der Waals surface area (Å²) in [6.45, 7) is 2.44. The summed E-state index contributed by atoms with van der Waals surface area (Å²) < 4.78 is 5.30. The minimum Gasteiger partial charge on any atom is -0.497 e. The number of hydrogen-bond acceptors (Lipinski definition) is 4. The van der Waals surface area contributed by atoms with E-state index >= 15 is 0 Å². The first-order chi connectivity index (χ1) is 14.0. The predicted molar refractivity (Wildman–Crippen MR) is 114 cm³/mol. The van der Waals surface area contributed by atoms with Gasteiger partial charge in [0.15, 0.2) is 0 Å². The number of ether oxygens (including phenoxy) is 1. The molecule has 1 unspecified atom stereocenters. The van der Waals surface area contributed by atoms with Crippen molar-refractivity contribution in [1.82, 2.24) is 10.3 Å². The van der Waals surface area contributed by atoms with Gasteiger partial charge in [-0.15, -0.1) is 0 Å². The molecule has 0 saturated carbocycles. The Kier molecular flexibility index (Phi) is 5.30. The molecule has 3 aromatic rings. The first-order valence-electron chi connectivity index (χ1n) is 9.48. The number of nitrogens with zero attached hydrogens (tertiary/aromatic N) is 1. The van der Waals surface area contributed by atoms with Crippen LogP contribution >= 0.6 is 11.6 Å². The Hall–Kier alpha value is -2.83.